The molecule has 0 saturated carbocycles. The Bertz CT molecular complexity index is 1100. The zero-order chi connectivity index (χ0) is 20.1. The summed E-state index contributed by atoms with van der Waals surface area (Å²) in [5.74, 6) is -1.48. The van der Waals surface area contributed by atoms with Gasteiger partial charge in [-0.25, -0.2) is 13.6 Å². The molecule has 9 heteroatoms. The molecular formula is C19H20N4O4S. The average Bonchev–Trinajstić information content (AvgIpc) is 3.09. The van der Waals surface area contributed by atoms with Crippen LogP contribution in [0.25, 0.3) is 10.9 Å². The molecule has 3 aromatic rings. The molecule has 0 bridgehead atoms. The van der Waals surface area contributed by atoms with Gasteiger partial charge in [-0.15, -0.1) is 0 Å². The van der Waals surface area contributed by atoms with Gasteiger partial charge in [0.15, 0.2) is 0 Å². The van der Waals surface area contributed by atoms with Gasteiger partial charge in [0.05, 0.1) is 4.90 Å². The molecule has 2 amide bonds. The van der Waals surface area contributed by atoms with Crippen molar-refractivity contribution < 1.29 is 18.0 Å². The number of para-hydroxylation sites is 1. The minimum Gasteiger partial charge on any atom is -0.361 e. The lowest BCUT2D eigenvalue weighted by atomic mass is 10.1. The molecule has 0 spiro atoms. The molecule has 28 heavy (non-hydrogen) atoms. The fourth-order valence-electron chi connectivity index (χ4n) is 2.79. The van der Waals surface area contributed by atoms with Crippen LogP contribution in [-0.2, 0) is 32.6 Å². The monoisotopic (exact) mass is 400 g/mol. The van der Waals surface area contributed by atoms with Crippen molar-refractivity contribution in [3.8, 4) is 0 Å². The molecule has 0 radical (unpaired) electrons. The SMILES string of the molecule is NS(=O)(=O)c1ccc(CNC(=O)C(=O)NCCc2c[nH]c3ccccc23)cc1. The summed E-state index contributed by atoms with van der Waals surface area (Å²) in [7, 11) is -3.76. The van der Waals surface area contributed by atoms with Gasteiger partial charge >= 0.3 is 11.8 Å². The Kier molecular flexibility index (Phi) is 5.76. The number of benzene rings is 2. The van der Waals surface area contributed by atoms with Gasteiger partial charge < -0.3 is 15.6 Å². The Morgan fingerprint density at radius 2 is 1.64 bits per heavy atom. The number of fused-ring (bicyclic) bond motifs is 1. The number of amides is 2. The van der Waals surface area contributed by atoms with Gasteiger partial charge in [0, 0.05) is 30.2 Å². The van der Waals surface area contributed by atoms with Crippen LogP contribution in [0.4, 0.5) is 0 Å². The predicted octanol–water partition coefficient (Wildman–Crippen LogP) is 0.790. The molecule has 0 unspecified atom stereocenters. The van der Waals surface area contributed by atoms with E-state index in [-0.39, 0.29) is 11.4 Å². The maximum absolute atomic E-state index is 11.9. The Labute approximate surface area is 162 Å². The highest BCUT2D eigenvalue weighted by Gasteiger charge is 2.13. The number of hydrogen-bond donors (Lipinski definition) is 4. The standard InChI is InChI=1S/C19H20N4O4S/c20-28(26,27)15-7-5-13(6-8-15)11-23-19(25)18(24)21-10-9-14-12-22-17-4-2-1-3-16(14)17/h1-8,12,22H,9-11H2,(H,21,24)(H,23,25)(H2,20,26,27). The van der Waals surface area contributed by atoms with Gasteiger partial charge in [-0.05, 0) is 35.7 Å². The van der Waals surface area contributed by atoms with Crippen molar-refractivity contribution in [3.05, 3.63) is 65.9 Å². The molecular weight excluding hydrogens is 380 g/mol. The third kappa shape index (κ3) is 4.76. The summed E-state index contributed by atoms with van der Waals surface area (Å²) in [5, 5.41) is 11.2. The zero-order valence-corrected chi connectivity index (χ0v) is 15.8. The van der Waals surface area contributed by atoms with Crippen LogP contribution in [0, 0.1) is 0 Å². The first-order chi connectivity index (χ1) is 13.3. The molecule has 5 N–H and O–H groups in total. The minimum absolute atomic E-state index is 0.0161. The van der Waals surface area contributed by atoms with Crippen molar-refractivity contribution in [1.82, 2.24) is 15.6 Å². The molecule has 0 atom stereocenters. The first kappa shape index (κ1) is 19.6. The van der Waals surface area contributed by atoms with E-state index in [0.29, 0.717) is 18.5 Å². The van der Waals surface area contributed by atoms with Crippen LogP contribution in [0.3, 0.4) is 0 Å². The number of nitrogens with two attached hydrogens (primary N) is 1. The van der Waals surface area contributed by atoms with Gasteiger partial charge in [-0.3, -0.25) is 9.59 Å². The van der Waals surface area contributed by atoms with Gasteiger partial charge in [0.2, 0.25) is 10.0 Å². The molecule has 1 aromatic heterocycles. The Balaban J connectivity index is 1.46. The van der Waals surface area contributed by atoms with Crippen molar-refractivity contribution in [2.75, 3.05) is 6.54 Å². The molecule has 0 aliphatic carbocycles. The Morgan fingerprint density at radius 3 is 2.36 bits per heavy atom. The molecule has 0 aliphatic heterocycles. The summed E-state index contributed by atoms with van der Waals surface area (Å²) in [5.41, 5.74) is 2.73. The lowest BCUT2D eigenvalue weighted by molar-refractivity contribution is -0.139. The van der Waals surface area contributed by atoms with Crippen LogP contribution in [-0.4, -0.2) is 31.8 Å². The van der Waals surface area contributed by atoms with Crippen molar-refractivity contribution in [3.63, 3.8) is 0 Å². The summed E-state index contributed by atoms with van der Waals surface area (Å²) in [6.07, 6.45) is 2.49. The highest BCUT2D eigenvalue weighted by molar-refractivity contribution is 7.89. The molecule has 1 heterocycles. The summed E-state index contributed by atoms with van der Waals surface area (Å²) < 4.78 is 22.4. The maximum Gasteiger partial charge on any atom is 0.309 e. The van der Waals surface area contributed by atoms with E-state index >= 15 is 0 Å². The molecule has 0 aliphatic rings. The van der Waals surface area contributed by atoms with E-state index in [1.54, 1.807) is 0 Å². The first-order valence-electron chi connectivity index (χ1n) is 8.57. The fourth-order valence-corrected chi connectivity index (χ4v) is 3.30. The quantitative estimate of drug-likeness (QED) is 0.455. The molecule has 3 rings (SSSR count). The Hall–Kier alpha value is -3.17. The smallest absolute Gasteiger partial charge is 0.309 e. The predicted molar refractivity (Wildman–Crippen MR) is 105 cm³/mol. The van der Waals surface area contributed by atoms with Gasteiger partial charge in [-0.2, -0.15) is 0 Å². The van der Waals surface area contributed by atoms with Crippen molar-refractivity contribution in [2.24, 2.45) is 5.14 Å². The topological polar surface area (TPSA) is 134 Å². The number of sulfonamides is 1. The Morgan fingerprint density at radius 1 is 0.964 bits per heavy atom. The number of H-pyrrole nitrogens is 1. The molecule has 2 aromatic carbocycles. The third-order valence-electron chi connectivity index (χ3n) is 4.27. The summed E-state index contributed by atoms with van der Waals surface area (Å²) in [4.78, 5) is 27.0. The summed E-state index contributed by atoms with van der Waals surface area (Å²) in [6.45, 7) is 0.427. The second-order valence-electron chi connectivity index (χ2n) is 6.24. The minimum atomic E-state index is -3.76. The number of aromatic amines is 1. The van der Waals surface area contributed by atoms with Crippen molar-refractivity contribution in [2.45, 2.75) is 17.9 Å². The van der Waals surface area contributed by atoms with Crippen molar-refractivity contribution in [1.29, 1.82) is 0 Å². The van der Waals surface area contributed by atoms with Crippen LogP contribution in [0.15, 0.2) is 59.6 Å². The third-order valence-corrected chi connectivity index (χ3v) is 5.20. The maximum atomic E-state index is 11.9. The van der Waals surface area contributed by atoms with Crippen molar-refractivity contribution >= 4 is 32.7 Å². The van der Waals surface area contributed by atoms with E-state index in [9.17, 15) is 18.0 Å². The van der Waals surface area contributed by atoms with Gasteiger partial charge in [0.1, 0.15) is 0 Å². The molecule has 146 valence electrons. The number of carbonyl (C=O) groups is 2. The van der Waals surface area contributed by atoms with E-state index in [2.05, 4.69) is 15.6 Å². The second-order valence-corrected chi connectivity index (χ2v) is 7.80. The zero-order valence-electron chi connectivity index (χ0n) is 14.9. The van der Waals surface area contributed by atoms with Crippen LogP contribution < -0.4 is 15.8 Å². The molecule has 0 fully saturated rings. The lowest BCUT2D eigenvalue weighted by Gasteiger charge is -2.07. The number of rotatable bonds is 6. The molecule has 8 nitrogen and oxygen atoms in total. The van der Waals surface area contributed by atoms with Crippen LogP contribution in [0.1, 0.15) is 11.1 Å². The summed E-state index contributed by atoms with van der Waals surface area (Å²) >= 11 is 0. The highest BCUT2D eigenvalue weighted by Crippen LogP contribution is 2.17. The summed E-state index contributed by atoms with van der Waals surface area (Å²) in [6, 6.07) is 13.6. The highest BCUT2D eigenvalue weighted by atomic mass is 32.2. The second kappa shape index (κ2) is 8.24. The number of primary sulfonamides is 1. The van der Waals surface area contributed by atoms with Crippen LogP contribution in [0.5, 0.6) is 0 Å². The molecule has 0 saturated heterocycles. The first-order valence-corrected chi connectivity index (χ1v) is 10.1. The average molecular weight is 400 g/mol. The van der Waals surface area contributed by atoms with Crippen LogP contribution in [0.2, 0.25) is 0 Å². The number of aromatic nitrogens is 1. The largest absolute Gasteiger partial charge is 0.361 e. The van der Waals surface area contributed by atoms with E-state index in [1.807, 2.05) is 30.5 Å². The normalized spacial score (nSPS) is 11.3. The van der Waals surface area contributed by atoms with E-state index < -0.39 is 21.8 Å². The van der Waals surface area contributed by atoms with Gasteiger partial charge in [0.25, 0.3) is 0 Å². The van der Waals surface area contributed by atoms with E-state index in [1.165, 1.54) is 24.3 Å². The van der Waals surface area contributed by atoms with Gasteiger partial charge in [-0.1, -0.05) is 30.3 Å². The van der Waals surface area contributed by atoms with Crippen LogP contribution >= 0.6 is 0 Å². The number of hydrogen-bond acceptors (Lipinski definition) is 4. The number of carbonyl (C=O) groups excluding carboxylic acids is 2. The fraction of sp³-hybridized carbons (Fsp3) is 0.158. The number of nitrogens with one attached hydrogen (secondary N) is 3. The van der Waals surface area contributed by atoms with E-state index in [0.717, 1.165) is 16.5 Å². The van der Waals surface area contributed by atoms with E-state index in [4.69, 9.17) is 5.14 Å². The lowest BCUT2D eigenvalue weighted by Crippen LogP contribution is -2.40.